The topological polar surface area (TPSA) is 42.0 Å². The molecule has 1 amide bonds. The second-order valence-corrected chi connectivity index (χ2v) is 7.51. The van der Waals surface area contributed by atoms with Crippen LogP contribution in [0.4, 0.5) is 0 Å². The minimum atomic E-state index is -0.0951. The lowest BCUT2D eigenvalue weighted by Crippen LogP contribution is -2.26. The first-order valence-corrected chi connectivity index (χ1v) is 8.48. The van der Waals surface area contributed by atoms with Crippen LogP contribution >= 0.6 is 43.2 Å². The van der Waals surface area contributed by atoms with E-state index >= 15 is 0 Å². The van der Waals surface area contributed by atoms with Crippen LogP contribution in [0.2, 0.25) is 0 Å². The molecule has 1 aromatic heterocycles. The molecule has 2 rings (SSSR count). The molecule has 0 spiro atoms. The Morgan fingerprint density at radius 3 is 2.60 bits per heavy atom. The minimum absolute atomic E-state index is 0.0516. The first kappa shape index (κ1) is 15.7. The van der Waals surface area contributed by atoms with E-state index < -0.39 is 0 Å². The number of thiazole rings is 1. The second-order valence-electron chi connectivity index (χ2n) is 4.50. The van der Waals surface area contributed by atoms with Gasteiger partial charge in [-0.2, -0.15) is 0 Å². The fourth-order valence-corrected chi connectivity index (χ4v) is 4.12. The van der Waals surface area contributed by atoms with E-state index in [0.29, 0.717) is 5.56 Å². The van der Waals surface area contributed by atoms with E-state index in [9.17, 15) is 4.79 Å². The zero-order valence-electron chi connectivity index (χ0n) is 11.3. The number of amides is 1. The Morgan fingerprint density at radius 2 is 2.05 bits per heavy atom. The number of rotatable bonds is 3. The normalized spacial score (nSPS) is 12.2. The maximum atomic E-state index is 12.3. The number of hydrogen-bond donors (Lipinski definition) is 1. The van der Waals surface area contributed by atoms with Crippen molar-refractivity contribution >= 4 is 49.1 Å². The van der Waals surface area contributed by atoms with Crippen molar-refractivity contribution in [3.05, 3.63) is 48.3 Å². The van der Waals surface area contributed by atoms with E-state index in [2.05, 4.69) is 42.2 Å². The van der Waals surface area contributed by atoms with Crippen LogP contribution in [0.15, 0.2) is 27.1 Å². The molecule has 106 valence electrons. The van der Waals surface area contributed by atoms with E-state index in [1.807, 2.05) is 32.9 Å². The first-order chi connectivity index (χ1) is 9.38. The average Bonchev–Trinajstić information content (AvgIpc) is 2.68. The standard InChI is InChI=1S/C14H14Br2N2OS/c1-7-13(20-9(3)17-7)8(2)18-14(19)11-5-4-10(15)6-12(11)16/h4-6,8H,1-3H3,(H,18,19). The Hall–Kier alpha value is -0.720. The number of benzene rings is 1. The van der Waals surface area contributed by atoms with Crippen molar-refractivity contribution < 1.29 is 4.79 Å². The van der Waals surface area contributed by atoms with E-state index in [1.165, 1.54) is 0 Å². The summed E-state index contributed by atoms with van der Waals surface area (Å²) in [4.78, 5) is 17.8. The highest BCUT2D eigenvalue weighted by atomic mass is 79.9. The summed E-state index contributed by atoms with van der Waals surface area (Å²) >= 11 is 8.41. The molecule has 0 aliphatic carbocycles. The van der Waals surface area contributed by atoms with Gasteiger partial charge in [0.05, 0.1) is 22.3 Å². The Balaban J connectivity index is 2.17. The zero-order chi connectivity index (χ0) is 14.9. The van der Waals surface area contributed by atoms with Gasteiger partial charge in [-0.25, -0.2) is 4.98 Å². The van der Waals surface area contributed by atoms with E-state index in [-0.39, 0.29) is 11.9 Å². The largest absolute Gasteiger partial charge is 0.345 e. The van der Waals surface area contributed by atoms with Crippen LogP contribution in [-0.4, -0.2) is 10.9 Å². The summed E-state index contributed by atoms with van der Waals surface area (Å²) < 4.78 is 1.71. The molecule has 0 saturated carbocycles. The molecule has 1 N–H and O–H groups in total. The third-order valence-corrected chi connectivity index (χ3v) is 5.26. The number of aromatic nitrogens is 1. The van der Waals surface area contributed by atoms with Crippen LogP contribution in [0.25, 0.3) is 0 Å². The highest BCUT2D eigenvalue weighted by molar-refractivity contribution is 9.11. The molecule has 1 unspecified atom stereocenters. The number of hydrogen-bond acceptors (Lipinski definition) is 3. The highest BCUT2D eigenvalue weighted by Crippen LogP contribution is 2.26. The van der Waals surface area contributed by atoms with Gasteiger partial charge in [0, 0.05) is 13.8 Å². The second kappa shape index (κ2) is 6.37. The fourth-order valence-electron chi connectivity index (χ4n) is 1.96. The van der Waals surface area contributed by atoms with Gasteiger partial charge in [0.15, 0.2) is 0 Å². The molecular formula is C14H14Br2N2OS. The number of nitrogens with zero attached hydrogens (tertiary/aromatic N) is 1. The number of carbonyl (C=O) groups is 1. The Labute approximate surface area is 139 Å². The number of nitrogens with one attached hydrogen (secondary N) is 1. The molecule has 1 aromatic carbocycles. The fraction of sp³-hybridized carbons (Fsp3) is 0.286. The van der Waals surface area contributed by atoms with Crippen molar-refractivity contribution in [2.75, 3.05) is 0 Å². The van der Waals surface area contributed by atoms with Crippen LogP contribution in [0, 0.1) is 13.8 Å². The minimum Gasteiger partial charge on any atom is -0.345 e. The van der Waals surface area contributed by atoms with Gasteiger partial charge < -0.3 is 5.32 Å². The van der Waals surface area contributed by atoms with Crippen LogP contribution in [0.3, 0.4) is 0 Å². The SMILES string of the molecule is Cc1nc(C)c(C(C)NC(=O)c2ccc(Br)cc2Br)s1. The van der Waals surface area contributed by atoms with Gasteiger partial charge in [-0.3, -0.25) is 4.79 Å². The third-order valence-electron chi connectivity index (χ3n) is 2.86. The van der Waals surface area contributed by atoms with Gasteiger partial charge in [-0.05, 0) is 54.9 Å². The molecule has 0 fully saturated rings. The molecule has 3 nitrogen and oxygen atoms in total. The molecule has 0 bridgehead atoms. The first-order valence-electron chi connectivity index (χ1n) is 6.08. The lowest BCUT2D eigenvalue weighted by Gasteiger charge is -2.14. The van der Waals surface area contributed by atoms with E-state index in [1.54, 1.807) is 17.4 Å². The van der Waals surface area contributed by atoms with Gasteiger partial charge in [-0.1, -0.05) is 15.9 Å². The van der Waals surface area contributed by atoms with Gasteiger partial charge in [-0.15, -0.1) is 11.3 Å². The van der Waals surface area contributed by atoms with Crippen LogP contribution in [0.5, 0.6) is 0 Å². The number of aryl methyl sites for hydroxylation is 2. The molecule has 2 aromatic rings. The van der Waals surface area contributed by atoms with Crippen molar-refractivity contribution in [2.45, 2.75) is 26.8 Å². The highest BCUT2D eigenvalue weighted by Gasteiger charge is 2.17. The van der Waals surface area contributed by atoms with Crippen LogP contribution in [0.1, 0.15) is 38.9 Å². The summed E-state index contributed by atoms with van der Waals surface area (Å²) in [6.45, 7) is 5.92. The smallest absolute Gasteiger partial charge is 0.252 e. The lowest BCUT2D eigenvalue weighted by atomic mass is 10.2. The summed E-state index contributed by atoms with van der Waals surface area (Å²) in [6, 6.07) is 5.46. The van der Waals surface area contributed by atoms with Gasteiger partial charge in [0.1, 0.15) is 0 Å². The van der Waals surface area contributed by atoms with Gasteiger partial charge in [0.2, 0.25) is 0 Å². The average molecular weight is 418 g/mol. The predicted octanol–water partition coefficient (Wildman–Crippen LogP) is 4.78. The van der Waals surface area contributed by atoms with Gasteiger partial charge >= 0.3 is 0 Å². The maximum absolute atomic E-state index is 12.3. The van der Waals surface area contributed by atoms with Crippen molar-refractivity contribution in [3.63, 3.8) is 0 Å². The summed E-state index contributed by atoms with van der Waals surface area (Å²) in [6.07, 6.45) is 0. The maximum Gasteiger partial charge on any atom is 0.252 e. The molecule has 1 atom stereocenters. The Bertz CT molecular complexity index is 655. The predicted molar refractivity (Wildman–Crippen MR) is 89.3 cm³/mol. The van der Waals surface area contributed by atoms with Crippen LogP contribution < -0.4 is 5.32 Å². The molecular weight excluding hydrogens is 404 g/mol. The summed E-state index contributed by atoms with van der Waals surface area (Å²) in [7, 11) is 0. The summed E-state index contributed by atoms with van der Waals surface area (Å²) in [5.74, 6) is -0.0951. The molecule has 20 heavy (non-hydrogen) atoms. The monoisotopic (exact) mass is 416 g/mol. The van der Waals surface area contributed by atoms with E-state index in [0.717, 1.165) is 24.5 Å². The Kier molecular flexibility index (Phi) is 4.99. The Morgan fingerprint density at radius 1 is 1.35 bits per heavy atom. The van der Waals surface area contributed by atoms with E-state index in [4.69, 9.17) is 0 Å². The molecule has 0 radical (unpaired) electrons. The van der Waals surface area contributed by atoms with Gasteiger partial charge in [0.25, 0.3) is 5.91 Å². The van der Waals surface area contributed by atoms with Crippen molar-refractivity contribution in [2.24, 2.45) is 0 Å². The molecule has 1 heterocycles. The molecule has 0 aliphatic heterocycles. The molecule has 6 heteroatoms. The lowest BCUT2D eigenvalue weighted by molar-refractivity contribution is 0.0939. The zero-order valence-corrected chi connectivity index (χ0v) is 15.3. The summed E-state index contributed by atoms with van der Waals surface area (Å²) in [5, 5.41) is 4.03. The summed E-state index contributed by atoms with van der Waals surface area (Å²) in [5.41, 5.74) is 1.61. The quantitative estimate of drug-likeness (QED) is 0.780. The molecule has 0 saturated heterocycles. The number of carbonyl (C=O) groups excluding carboxylic acids is 1. The van der Waals surface area contributed by atoms with Crippen LogP contribution in [-0.2, 0) is 0 Å². The van der Waals surface area contributed by atoms with Crippen molar-refractivity contribution in [1.29, 1.82) is 0 Å². The third kappa shape index (κ3) is 3.48. The van der Waals surface area contributed by atoms with Crippen molar-refractivity contribution in [1.82, 2.24) is 10.3 Å². The van der Waals surface area contributed by atoms with Crippen molar-refractivity contribution in [3.8, 4) is 0 Å². The molecule has 0 aliphatic rings. The number of halogens is 2.